The van der Waals surface area contributed by atoms with E-state index in [9.17, 15) is 5.11 Å². The summed E-state index contributed by atoms with van der Waals surface area (Å²) in [6.45, 7) is 1.74. The van der Waals surface area contributed by atoms with E-state index in [1.807, 2.05) is 30.5 Å². The van der Waals surface area contributed by atoms with Crippen LogP contribution in [0.15, 0.2) is 35.6 Å². The van der Waals surface area contributed by atoms with Crippen molar-refractivity contribution < 1.29 is 5.11 Å². The molecule has 2 aromatic heterocycles. The maximum absolute atomic E-state index is 9.20. The summed E-state index contributed by atoms with van der Waals surface area (Å²) in [6, 6.07) is 5.98. The van der Waals surface area contributed by atoms with Gasteiger partial charge in [0.25, 0.3) is 0 Å². The van der Waals surface area contributed by atoms with Crippen LogP contribution < -0.4 is 0 Å². The quantitative estimate of drug-likeness (QED) is 0.688. The average Bonchev–Trinajstić information content (AvgIpc) is 2.85. The number of aromatic nitrogens is 2. The van der Waals surface area contributed by atoms with Crippen molar-refractivity contribution in [1.29, 1.82) is 0 Å². The van der Waals surface area contributed by atoms with Crippen molar-refractivity contribution in [2.45, 2.75) is 18.2 Å². The summed E-state index contributed by atoms with van der Waals surface area (Å²) in [4.78, 5) is 10.8. The highest BCUT2D eigenvalue weighted by atomic mass is 32.2. The Hall–Kier alpha value is -1.17. The van der Waals surface area contributed by atoms with Crippen molar-refractivity contribution in [1.82, 2.24) is 9.97 Å². The molecule has 0 aliphatic heterocycles. The number of thiophene rings is 1. The van der Waals surface area contributed by atoms with Crippen LogP contribution in [-0.4, -0.2) is 27.4 Å². The first-order valence-corrected chi connectivity index (χ1v) is 7.56. The Balaban J connectivity index is 2.23. The second-order valence-corrected chi connectivity index (χ2v) is 5.62. The molecule has 0 amide bonds. The fraction of sp³-hybridized carbons (Fsp3) is 0.231. The number of hydrogen-bond acceptors (Lipinski definition) is 5. The highest BCUT2D eigenvalue weighted by Crippen LogP contribution is 2.28. The van der Waals surface area contributed by atoms with Crippen LogP contribution in [0.4, 0.5) is 0 Å². The molecular weight excluding hydrogens is 264 g/mol. The Morgan fingerprint density at radius 2 is 2.22 bits per heavy atom. The Labute approximate surface area is 115 Å². The number of aliphatic hydroxyl groups excluding tert-OH is 1. The predicted molar refractivity (Wildman–Crippen MR) is 77.8 cm³/mol. The minimum Gasteiger partial charge on any atom is -0.389 e. The van der Waals surface area contributed by atoms with Gasteiger partial charge in [-0.2, -0.15) is 0 Å². The first-order valence-electron chi connectivity index (χ1n) is 5.52. The van der Waals surface area contributed by atoms with Crippen molar-refractivity contribution in [3.63, 3.8) is 0 Å². The number of rotatable bonds is 4. The Kier molecular flexibility index (Phi) is 4.52. The number of aliphatic hydroxyl groups is 1. The molecule has 94 valence electrons. The largest absolute Gasteiger partial charge is 0.389 e. The van der Waals surface area contributed by atoms with Gasteiger partial charge < -0.3 is 5.11 Å². The normalized spacial score (nSPS) is 13.1. The van der Waals surface area contributed by atoms with Crippen molar-refractivity contribution >= 4 is 29.2 Å². The summed E-state index contributed by atoms with van der Waals surface area (Å²) >= 11 is 3.18. The molecule has 1 N–H and O–H groups in total. The van der Waals surface area contributed by atoms with E-state index < -0.39 is 6.10 Å². The summed E-state index contributed by atoms with van der Waals surface area (Å²) in [7, 11) is 0. The Bertz CT molecular complexity index is 549. The zero-order valence-electron chi connectivity index (χ0n) is 10.2. The van der Waals surface area contributed by atoms with Crippen molar-refractivity contribution in [3.05, 3.63) is 35.3 Å². The van der Waals surface area contributed by atoms with E-state index >= 15 is 0 Å². The maximum atomic E-state index is 9.20. The van der Waals surface area contributed by atoms with Crippen LogP contribution in [0.1, 0.15) is 11.8 Å². The lowest BCUT2D eigenvalue weighted by atomic mass is 10.3. The molecule has 2 rings (SSSR count). The second-order valence-electron chi connectivity index (χ2n) is 3.73. The topological polar surface area (TPSA) is 46.0 Å². The molecular formula is C13H14N2OS2. The maximum Gasteiger partial charge on any atom is 0.187 e. The van der Waals surface area contributed by atoms with Gasteiger partial charge in [-0.1, -0.05) is 17.8 Å². The second kappa shape index (κ2) is 6.13. The summed E-state index contributed by atoms with van der Waals surface area (Å²) in [5.41, 5.74) is 0.941. The third-order valence-electron chi connectivity index (χ3n) is 2.23. The highest BCUT2D eigenvalue weighted by Gasteiger charge is 2.04. The minimum absolute atomic E-state index is 0.419. The average molecular weight is 278 g/mol. The van der Waals surface area contributed by atoms with Crippen LogP contribution in [0.2, 0.25) is 0 Å². The van der Waals surface area contributed by atoms with Crippen LogP contribution >= 0.6 is 23.1 Å². The van der Waals surface area contributed by atoms with E-state index in [1.165, 1.54) is 11.8 Å². The first-order chi connectivity index (χ1) is 8.69. The van der Waals surface area contributed by atoms with Gasteiger partial charge >= 0.3 is 0 Å². The van der Waals surface area contributed by atoms with Crippen molar-refractivity contribution in [3.8, 4) is 10.6 Å². The SMILES string of the molecule is CSc1nccc(-c2ccc(C=CC(C)O)s2)n1. The molecule has 0 fully saturated rings. The molecule has 2 aromatic rings. The molecule has 0 spiro atoms. The smallest absolute Gasteiger partial charge is 0.187 e. The van der Waals surface area contributed by atoms with Gasteiger partial charge in [0, 0.05) is 11.1 Å². The number of nitrogens with zero attached hydrogens (tertiary/aromatic N) is 2. The molecule has 0 aliphatic carbocycles. The summed E-state index contributed by atoms with van der Waals surface area (Å²) < 4.78 is 0. The Morgan fingerprint density at radius 1 is 1.39 bits per heavy atom. The lowest BCUT2D eigenvalue weighted by Gasteiger charge is -1.98. The van der Waals surface area contributed by atoms with Gasteiger partial charge in [-0.05, 0) is 37.5 Å². The first kappa shape index (κ1) is 13.3. The third-order valence-corrected chi connectivity index (χ3v) is 3.87. The van der Waals surface area contributed by atoms with Crippen LogP contribution in [0, 0.1) is 0 Å². The molecule has 0 bridgehead atoms. The number of hydrogen-bond donors (Lipinski definition) is 1. The zero-order chi connectivity index (χ0) is 13.0. The molecule has 0 saturated heterocycles. The van der Waals surface area contributed by atoms with Gasteiger partial charge in [0.2, 0.25) is 0 Å². The van der Waals surface area contributed by atoms with E-state index in [0.717, 1.165) is 20.6 Å². The van der Waals surface area contributed by atoms with Gasteiger partial charge in [-0.15, -0.1) is 11.3 Å². The van der Waals surface area contributed by atoms with Crippen LogP contribution in [0.25, 0.3) is 16.6 Å². The predicted octanol–water partition coefficient (Wildman–Crippen LogP) is 3.32. The Morgan fingerprint density at radius 3 is 2.94 bits per heavy atom. The van der Waals surface area contributed by atoms with Crippen LogP contribution in [-0.2, 0) is 0 Å². The van der Waals surface area contributed by atoms with Gasteiger partial charge in [-0.25, -0.2) is 9.97 Å². The third kappa shape index (κ3) is 3.41. The van der Waals surface area contributed by atoms with E-state index in [1.54, 1.807) is 30.5 Å². The zero-order valence-corrected chi connectivity index (χ0v) is 11.8. The molecule has 3 nitrogen and oxygen atoms in total. The van der Waals surface area contributed by atoms with Crippen LogP contribution in [0.5, 0.6) is 0 Å². The summed E-state index contributed by atoms with van der Waals surface area (Å²) in [5, 5.41) is 9.98. The van der Waals surface area contributed by atoms with Gasteiger partial charge in [0.05, 0.1) is 16.7 Å². The van der Waals surface area contributed by atoms with Gasteiger partial charge in [-0.3, -0.25) is 0 Å². The monoisotopic (exact) mass is 278 g/mol. The fourth-order valence-corrected chi connectivity index (χ4v) is 2.64. The lowest BCUT2D eigenvalue weighted by Crippen LogP contribution is -1.90. The molecule has 0 aromatic carbocycles. The lowest BCUT2D eigenvalue weighted by molar-refractivity contribution is 0.245. The standard InChI is InChI=1S/C13H14N2OS2/c1-9(16)3-4-10-5-6-12(18-10)11-7-8-14-13(15-11)17-2/h3-9,16H,1-2H3. The highest BCUT2D eigenvalue weighted by molar-refractivity contribution is 7.98. The molecule has 18 heavy (non-hydrogen) atoms. The summed E-state index contributed by atoms with van der Waals surface area (Å²) in [5.74, 6) is 0. The molecule has 0 saturated carbocycles. The van der Waals surface area contributed by atoms with Crippen LogP contribution in [0.3, 0.4) is 0 Å². The molecule has 0 aliphatic rings. The van der Waals surface area contributed by atoms with Crippen molar-refractivity contribution in [2.75, 3.05) is 6.26 Å². The number of thioether (sulfide) groups is 1. The van der Waals surface area contributed by atoms with E-state index in [4.69, 9.17) is 0 Å². The summed E-state index contributed by atoms with van der Waals surface area (Å²) in [6.07, 6.45) is 7.01. The molecule has 1 unspecified atom stereocenters. The fourth-order valence-electron chi connectivity index (χ4n) is 1.39. The van der Waals surface area contributed by atoms with E-state index in [-0.39, 0.29) is 0 Å². The van der Waals surface area contributed by atoms with Gasteiger partial charge in [0.1, 0.15) is 0 Å². The van der Waals surface area contributed by atoms with Crippen molar-refractivity contribution in [2.24, 2.45) is 0 Å². The molecule has 1 atom stereocenters. The molecule has 0 radical (unpaired) electrons. The van der Waals surface area contributed by atoms with E-state index in [2.05, 4.69) is 9.97 Å². The van der Waals surface area contributed by atoms with Gasteiger partial charge in [0.15, 0.2) is 5.16 Å². The van der Waals surface area contributed by atoms with E-state index in [0.29, 0.717) is 0 Å². The molecule has 5 heteroatoms. The molecule has 2 heterocycles. The minimum atomic E-state index is -0.419.